The summed E-state index contributed by atoms with van der Waals surface area (Å²) in [7, 11) is 0. The number of hydrogen-bond donors (Lipinski definition) is 2. The zero-order valence-corrected chi connectivity index (χ0v) is 13.2. The van der Waals surface area contributed by atoms with Crippen molar-refractivity contribution < 1.29 is 4.79 Å². The highest BCUT2D eigenvalue weighted by Crippen LogP contribution is 2.27. The Morgan fingerprint density at radius 1 is 1.13 bits per heavy atom. The third-order valence-corrected chi connectivity index (χ3v) is 4.35. The predicted octanol–water partition coefficient (Wildman–Crippen LogP) is 2.26. The number of fused-ring (bicyclic) bond motifs is 1. The summed E-state index contributed by atoms with van der Waals surface area (Å²) in [6.07, 6.45) is 2.10. The standard InChI is InChI=1S/C19H23N3O/c20-19(23)18(16-8-2-1-3-9-16)21-12-6-13-22-14-11-15-7-4-5-10-17(15)22/h1-5,7-10,18,21H,6,11-14H2,(H2,20,23). The summed E-state index contributed by atoms with van der Waals surface area (Å²) < 4.78 is 0. The SMILES string of the molecule is NC(=O)C(NCCCN1CCc2ccccc21)c1ccccc1. The van der Waals surface area contributed by atoms with Crippen LogP contribution in [0.1, 0.15) is 23.6 Å². The lowest BCUT2D eigenvalue weighted by atomic mass is 10.1. The van der Waals surface area contributed by atoms with Gasteiger partial charge in [0, 0.05) is 18.8 Å². The molecule has 2 aromatic rings. The maximum absolute atomic E-state index is 11.7. The zero-order valence-electron chi connectivity index (χ0n) is 13.2. The second-order valence-electron chi connectivity index (χ2n) is 5.92. The number of nitrogens with two attached hydrogens (primary N) is 1. The van der Waals surface area contributed by atoms with E-state index < -0.39 is 6.04 Å². The van der Waals surface area contributed by atoms with E-state index in [1.165, 1.54) is 11.3 Å². The fourth-order valence-corrected chi connectivity index (χ4v) is 3.18. The quantitative estimate of drug-likeness (QED) is 0.771. The lowest BCUT2D eigenvalue weighted by molar-refractivity contribution is -0.120. The molecule has 1 amide bonds. The molecule has 0 aromatic heterocycles. The molecule has 23 heavy (non-hydrogen) atoms. The first-order valence-corrected chi connectivity index (χ1v) is 8.16. The van der Waals surface area contributed by atoms with Crippen LogP contribution in [0.4, 0.5) is 5.69 Å². The van der Waals surface area contributed by atoms with Crippen molar-refractivity contribution in [1.82, 2.24) is 5.32 Å². The molecule has 4 heteroatoms. The number of amides is 1. The molecular formula is C19H23N3O. The maximum atomic E-state index is 11.7. The van der Waals surface area contributed by atoms with Gasteiger partial charge in [-0.25, -0.2) is 0 Å². The van der Waals surface area contributed by atoms with Crippen molar-refractivity contribution in [3.8, 4) is 0 Å². The summed E-state index contributed by atoms with van der Waals surface area (Å²) in [5, 5.41) is 3.28. The molecule has 0 saturated heterocycles. The Labute approximate surface area is 137 Å². The molecule has 0 saturated carbocycles. The summed E-state index contributed by atoms with van der Waals surface area (Å²) in [5.41, 5.74) is 9.23. The van der Waals surface area contributed by atoms with Crippen molar-refractivity contribution >= 4 is 11.6 Å². The molecule has 3 rings (SSSR count). The van der Waals surface area contributed by atoms with E-state index >= 15 is 0 Å². The maximum Gasteiger partial charge on any atom is 0.239 e. The fraction of sp³-hybridized carbons (Fsp3) is 0.316. The molecule has 120 valence electrons. The number of benzene rings is 2. The van der Waals surface area contributed by atoms with Crippen LogP contribution >= 0.6 is 0 Å². The summed E-state index contributed by atoms with van der Waals surface area (Å²) >= 11 is 0. The third kappa shape index (κ3) is 3.71. The van der Waals surface area contributed by atoms with E-state index in [2.05, 4.69) is 34.5 Å². The number of primary amides is 1. The van der Waals surface area contributed by atoms with Crippen LogP contribution in [-0.2, 0) is 11.2 Å². The topological polar surface area (TPSA) is 58.4 Å². The molecule has 0 fully saturated rings. The minimum atomic E-state index is -0.415. The van der Waals surface area contributed by atoms with Gasteiger partial charge < -0.3 is 16.0 Å². The Bertz CT molecular complexity index is 657. The number of rotatable bonds is 7. The molecule has 1 aliphatic heterocycles. The van der Waals surface area contributed by atoms with E-state index in [1.54, 1.807) is 0 Å². The van der Waals surface area contributed by atoms with Crippen molar-refractivity contribution in [3.63, 3.8) is 0 Å². The molecular weight excluding hydrogens is 286 g/mol. The molecule has 2 aromatic carbocycles. The number of nitrogens with zero attached hydrogens (tertiary/aromatic N) is 1. The number of hydrogen-bond acceptors (Lipinski definition) is 3. The monoisotopic (exact) mass is 309 g/mol. The number of anilines is 1. The van der Waals surface area contributed by atoms with Crippen LogP contribution in [0.15, 0.2) is 54.6 Å². The van der Waals surface area contributed by atoms with Crippen LogP contribution in [-0.4, -0.2) is 25.5 Å². The highest BCUT2D eigenvalue weighted by Gasteiger charge is 2.19. The molecule has 0 bridgehead atoms. The van der Waals surface area contributed by atoms with Gasteiger partial charge in [-0.15, -0.1) is 0 Å². The zero-order chi connectivity index (χ0) is 16.1. The first-order chi connectivity index (χ1) is 11.3. The lowest BCUT2D eigenvalue weighted by Gasteiger charge is -2.21. The van der Waals surface area contributed by atoms with Crippen LogP contribution in [0.3, 0.4) is 0 Å². The first kappa shape index (κ1) is 15.6. The van der Waals surface area contributed by atoms with Crippen molar-refractivity contribution in [2.24, 2.45) is 5.73 Å². The van der Waals surface area contributed by atoms with E-state index in [9.17, 15) is 4.79 Å². The van der Waals surface area contributed by atoms with Gasteiger partial charge in [0.05, 0.1) is 0 Å². The first-order valence-electron chi connectivity index (χ1n) is 8.16. The van der Waals surface area contributed by atoms with Crippen LogP contribution in [0.5, 0.6) is 0 Å². The van der Waals surface area contributed by atoms with Crippen LogP contribution < -0.4 is 16.0 Å². The molecule has 3 N–H and O–H groups in total. The Morgan fingerprint density at radius 3 is 2.65 bits per heavy atom. The van der Waals surface area contributed by atoms with E-state index in [0.717, 1.165) is 38.0 Å². The predicted molar refractivity (Wildman–Crippen MR) is 93.4 cm³/mol. The Morgan fingerprint density at radius 2 is 1.87 bits per heavy atom. The summed E-state index contributed by atoms with van der Waals surface area (Å²) in [6.45, 7) is 2.84. The minimum Gasteiger partial charge on any atom is -0.371 e. The second-order valence-corrected chi connectivity index (χ2v) is 5.92. The van der Waals surface area contributed by atoms with Gasteiger partial charge in [-0.05, 0) is 36.6 Å². The number of para-hydroxylation sites is 1. The van der Waals surface area contributed by atoms with Crippen molar-refractivity contribution in [2.75, 3.05) is 24.5 Å². The molecule has 1 atom stereocenters. The van der Waals surface area contributed by atoms with Gasteiger partial charge in [-0.2, -0.15) is 0 Å². The summed E-state index contributed by atoms with van der Waals surface area (Å²) in [6, 6.07) is 17.8. The van der Waals surface area contributed by atoms with Gasteiger partial charge in [-0.3, -0.25) is 4.79 Å². The smallest absolute Gasteiger partial charge is 0.239 e. The van der Waals surface area contributed by atoms with Crippen molar-refractivity contribution in [2.45, 2.75) is 18.9 Å². The van der Waals surface area contributed by atoms with Gasteiger partial charge in [-0.1, -0.05) is 48.5 Å². The lowest BCUT2D eigenvalue weighted by Crippen LogP contribution is -2.35. The molecule has 0 radical (unpaired) electrons. The highest BCUT2D eigenvalue weighted by molar-refractivity contribution is 5.81. The van der Waals surface area contributed by atoms with Gasteiger partial charge in [0.2, 0.25) is 5.91 Å². The van der Waals surface area contributed by atoms with Crippen LogP contribution in [0, 0.1) is 0 Å². The van der Waals surface area contributed by atoms with Crippen molar-refractivity contribution in [3.05, 3.63) is 65.7 Å². The van der Waals surface area contributed by atoms with E-state index in [-0.39, 0.29) is 5.91 Å². The van der Waals surface area contributed by atoms with Crippen LogP contribution in [0.25, 0.3) is 0 Å². The molecule has 1 aliphatic rings. The van der Waals surface area contributed by atoms with Gasteiger partial charge >= 0.3 is 0 Å². The number of carbonyl (C=O) groups excluding carboxylic acids is 1. The molecule has 1 heterocycles. The fourth-order valence-electron chi connectivity index (χ4n) is 3.18. The van der Waals surface area contributed by atoms with Crippen LogP contribution in [0.2, 0.25) is 0 Å². The Kier molecular flexibility index (Phi) is 4.93. The Balaban J connectivity index is 1.50. The second kappa shape index (κ2) is 7.29. The summed E-state index contributed by atoms with van der Waals surface area (Å²) in [5.74, 6) is -0.331. The molecule has 4 nitrogen and oxygen atoms in total. The largest absolute Gasteiger partial charge is 0.371 e. The third-order valence-electron chi connectivity index (χ3n) is 4.35. The van der Waals surface area contributed by atoms with Gasteiger partial charge in [0.15, 0.2) is 0 Å². The van der Waals surface area contributed by atoms with E-state index in [0.29, 0.717) is 0 Å². The molecule has 1 unspecified atom stereocenters. The Hall–Kier alpha value is -2.33. The van der Waals surface area contributed by atoms with E-state index in [4.69, 9.17) is 5.73 Å². The normalized spacial score (nSPS) is 14.5. The number of nitrogens with one attached hydrogen (secondary N) is 1. The number of carbonyl (C=O) groups is 1. The highest BCUT2D eigenvalue weighted by atomic mass is 16.1. The average molecular weight is 309 g/mol. The van der Waals surface area contributed by atoms with Gasteiger partial charge in [0.25, 0.3) is 0 Å². The van der Waals surface area contributed by atoms with Crippen molar-refractivity contribution in [1.29, 1.82) is 0 Å². The summed E-state index contributed by atoms with van der Waals surface area (Å²) in [4.78, 5) is 14.1. The van der Waals surface area contributed by atoms with E-state index in [1.807, 2.05) is 30.3 Å². The molecule has 0 aliphatic carbocycles. The average Bonchev–Trinajstić information content (AvgIpc) is 2.98. The van der Waals surface area contributed by atoms with Gasteiger partial charge in [0.1, 0.15) is 6.04 Å². The molecule has 0 spiro atoms. The minimum absolute atomic E-state index is 0.331.